The lowest BCUT2D eigenvalue weighted by atomic mass is 9.89. The maximum absolute atomic E-state index is 5.11. The first-order valence-corrected chi connectivity index (χ1v) is 16.2. The van der Waals surface area contributed by atoms with Gasteiger partial charge in [0.05, 0.1) is 0 Å². The van der Waals surface area contributed by atoms with E-state index >= 15 is 0 Å². The number of hydrogen-bond donors (Lipinski definition) is 0. The summed E-state index contributed by atoms with van der Waals surface area (Å²) in [6.45, 7) is 0.704. The summed E-state index contributed by atoms with van der Waals surface area (Å²) in [6.07, 6.45) is 3.99. The molecule has 0 N–H and O–H groups in total. The van der Waals surface area contributed by atoms with Crippen molar-refractivity contribution in [3.8, 4) is 56.4 Å². The Hall–Kier alpha value is -6.39. The number of benzene rings is 7. The van der Waals surface area contributed by atoms with E-state index in [2.05, 4.69) is 102 Å². The molecular weight excluding hydrogens is 585 g/mol. The van der Waals surface area contributed by atoms with Gasteiger partial charge in [-0.25, -0.2) is 15.0 Å². The van der Waals surface area contributed by atoms with Crippen LogP contribution < -0.4 is 0 Å². The largest absolute Gasteiger partial charge is 0.687 e. The van der Waals surface area contributed by atoms with E-state index in [0.29, 0.717) is 24.0 Å². The average Bonchev–Trinajstić information content (AvgIpc) is 3.17. The van der Waals surface area contributed by atoms with Crippen molar-refractivity contribution >= 4 is 27.6 Å². The van der Waals surface area contributed by atoms with Gasteiger partial charge < -0.3 is 5.32 Å². The minimum Gasteiger partial charge on any atom is -0.687 e. The van der Waals surface area contributed by atoms with Gasteiger partial charge in [-0.2, -0.15) is 6.20 Å². The van der Waals surface area contributed by atoms with Crippen LogP contribution in [-0.2, 0) is 6.54 Å². The summed E-state index contributed by atoms with van der Waals surface area (Å²) >= 11 is 0. The number of fused-ring (bicyclic) bond motifs is 4. The van der Waals surface area contributed by atoms with Gasteiger partial charge in [-0.05, 0) is 79.7 Å². The second kappa shape index (κ2) is 11.8. The monoisotopic (exact) mass is 613 g/mol. The van der Waals surface area contributed by atoms with Crippen LogP contribution >= 0.6 is 0 Å². The topological polar surface area (TPSA) is 52.8 Å². The van der Waals surface area contributed by atoms with Crippen molar-refractivity contribution in [2.24, 2.45) is 0 Å². The van der Waals surface area contributed by atoms with Crippen LogP contribution in [-0.4, -0.2) is 15.0 Å². The van der Waals surface area contributed by atoms with E-state index in [1.165, 1.54) is 38.2 Å². The first-order valence-electron chi connectivity index (χ1n) is 16.2. The normalized spacial score (nSPS) is 12.2. The zero-order chi connectivity index (χ0) is 31.9. The minimum atomic E-state index is 0.632. The molecule has 0 saturated carbocycles. The standard InChI is InChI=1S/C44H29N4/c1-3-11-29(12-4-1)42-46-43(30-13-5-2-6-14-30)48-44(47-42)37-25-35(31-19-20-34-28-45-22-21-32(34)23-31)24-36(26-37)41-27-33-15-7-8-16-38(33)39-17-9-10-18-40(39)41/h1-27H,28H2/q-1. The number of nitrogens with zero attached hydrogens (tertiary/aromatic N) is 4. The lowest BCUT2D eigenvalue weighted by Crippen LogP contribution is -2.00. The maximum Gasteiger partial charge on any atom is 0.164 e. The second-order valence-corrected chi connectivity index (χ2v) is 12.1. The molecule has 4 nitrogen and oxygen atoms in total. The maximum atomic E-state index is 5.11. The molecule has 0 fully saturated rings. The van der Waals surface area contributed by atoms with Gasteiger partial charge in [-0.15, -0.1) is 6.54 Å². The Balaban J connectivity index is 1.32. The molecule has 2 heterocycles. The molecule has 1 aliphatic heterocycles. The summed E-state index contributed by atoms with van der Waals surface area (Å²) in [5, 5.41) is 9.34. The molecule has 0 saturated heterocycles. The molecule has 226 valence electrons. The van der Waals surface area contributed by atoms with Crippen molar-refractivity contribution in [2.75, 3.05) is 0 Å². The van der Waals surface area contributed by atoms with Crippen molar-refractivity contribution in [2.45, 2.75) is 6.54 Å². The molecule has 9 rings (SSSR count). The zero-order valence-corrected chi connectivity index (χ0v) is 26.1. The van der Waals surface area contributed by atoms with E-state index in [4.69, 9.17) is 15.0 Å². The highest BCUT2D eigenvalue weighted by Crippen LogP contribution is 2.39. The van der Waals surface area contributed by atoms with E-state index in [0.717, 1.165) is 33.4 Å². The van der Waals surface area contributed by atoms with E-state index in [-0.39, 0.29) is 0 Å². The van der Waals surface area contributed by atoms with Crippen molar-refractivity contribution in [1.29, 1.82) is 0 Å². The summed E-state index contributed by atoms with van der Waals surface area (Å²) in [5.41, 5.74) is 9.76. The first kappa shape index (κ1) is 27.9. The molecule has 0 spiro atoms. The van der Waals surface area contributed by atoms with Crippen molar-refractivity contribution in [1.82, 2.24) is 15.0 Å². The number of rotatable bonds is 5. The van der Waals surface area contributed by atoms with Crippen LogP contribution in [0.1, 0.15) is 11.1 Å². The van der Waals surface area contributed by atoms with Crippen LogP contribution in [0.4, 0.5) is 0 Å². The van der Waals surface area contributed by atoms with Crippen LogP contribution in [0.3, 0.4) is 0 Å². The molecule has 1 aromatic heterocycles. The van der Waals surface area contributed by atoms with Crippen molar-refractivity contribution in [3.63, 3.8) is 0 Å². The zero-order valence-electron chi connectivity index (χ0n) is 26.1. The highest BCUT2D eigenvalue weighted by atomic mass is 15.0. The SMILES string of the molecule is C1=Cc2cc(-c3cc(-c4nc(-c5ccccc5)nc(-c5ccccc5)n4)cc(-c4cc5ccccc5c5ccccc45)c3)ccc2C[N-]1. The fraction of sp³-hybridized carbons (Fsp3) is 0.0227. The third-order valence-electron chi connectivity index (χ3n) is 9.07. The van der Waals surface area contributed by atoms with Gasteiger partial charge in [-0.3, -0.25) is 0 Å². The van der Waals surface area contributed by atoms with Gasteiger partial charge in [0, 0.05) is 16.7 Å². The molecule has 4 heteroatoms. The molecule has 1 aliphatic rings. The number of aromatic nitrogens is 3. The van der Waals surface area contributed by atoms with Gasteiger partial charge in [-0.1, -0.05) is 133 Å². The molecule has 0 radical (unpaired) electrons. The molecule has 0 aliphatic carbocycles. The molecule has 8 aromatic rings. The second-order valence-electron chi connectivity index (χ2n) is 12.1. The van der Waals surface area contributed by atoms with E-state index in [1.807, 2.05) is 66.9 Å². The van der Waals surface area contributed by atoms with E-state index < -0.39 is 0 Å². The summed E-state index contributed by atoms with van der Waals surface area (Å²) in [5.74, 6) is 1.92. The lowest BCUT2D eigenvalue weighted by molar-refractivity contribution is 1.07. The highest BCUT2D eigenvalue weighted by Gasteiger charge is 2.17. The Morgan fingerprint density at radius 1 is 0.417 bits per heavy atom. The van der Waals surface area contributed by atoms with E-state index in [9.17, 15) is 0 Å². The predicted molar refractivity (Wildman–Crippen MR) is 198 cm³/mol. The Kier molecular flexibility index (Phi) is 6.83. The molecular formula is C44H29N4-. The van der Waals surface area contributed by atoms with Gasteiger partial charge in [0.25, 0.3) is 0 Å². The average molecular weight is 614 g/mol. The lowest BCUT2D eigenvalue weighted by Gasteiger charge is -2.23. The third-order valence-corrected chi connectivity index (χ3v) is 9.07. The van der Waals surface area contributed by atoms with Gasteiger partial charge in [0.15, 0.2) is 17.5 Å². The predicted octanol–water partition coefficient (Wildman–Crippen LogP) is 11.4. The minimum absolute atomic E-state index is 0.632. The van der Waals surface area contributed by atoms with Gasteiger partial charge in [0.2, 0.25) is 0 Å². The quantitative estimate of drug-likeness (QED) is 0.181. The summed E-state index contributed by atoms with van der Waals surface area (Å²) in [6, 6.07) is 53.3. The molecule has 0 amide bonds. The Morgan fingerprint density at radius 3 is 1.73 bits per heavy atom. The van der Waals surface area contributed by atoms with Crippen LogP contribution in [0.25, 0.3) is 89.4 Å². The summed E-state index contributed by atoms with van der Waals surface area (Å²) < 4.78 is 0. The Morgan fingerprint density at radius 2 is 1.00 bits per heavy atom. The molecule has 0 atom stereocenters. The number of hydrogen-bond acceptors (Lipinski definition) is 3. The van der Waals surface area contributed by atoms with Gasteiger partial charge in [0.1, 0.15) is 0 Å². The Bertz CT molecular complexity index is 2440. The fourth-order valence-corrected chi connectivity index (χ4v) is 6.67. The molecule has 48 heavy (non-hydrogen) atoms. The molecule has 0 unspecified atom stereocenters. The van der Waals surface area contributed by atoms with Crippen LogP contribution in [0.5, 0.6) is 0 Å². The fourth-order valence-electron chi connectivity index (χ4n) is 6.67. The van der Waals surface area contributed by atoms with Crippen LogP contribution in [0.2, 0.25) is 0 Å². The Labute approximate surface area is 279 Å². The highest BCUT2D eigenvalue weighted by molar-refractivity contribution is 6.14. The van der Waals surface area contributed by atoms with E-state index in [1.54, 1.807) is 0 Å². The van der Waals surface area contributed by atoms with Gasteiger partial charge >= 0.3 is 0 Å². The van der Waals surface area contributed by atoms with Crippen molar-refractivity contribution in [3.05, 3.63) is 174 Å². The molecule has 7 aromatic carbocycles. The third kappa shape index (κ3) is 5.10. The molecule has 0 bridgehead atoms. The summed E-state index contributed by atoms with van der Waals surface area (Å²) in [4.78, 5) is 15.2. The summed E-state index contributed by atoms with van der Waals surface area (Å²) in [7, 11) is 0. The van der Waals surface area contributed by atoms with Crippen LogP contribution in [0.15, 0.2) is 158 Å². The van der Waals surface area contributed by atoms with Crippen molar-refractivity contribution < 1.29 is 0 Å². The first-order chi connectivity index (χ1) is 23.8. The van der Waals surface area contributed by atoms with Crippen LogP contribution in [0, 0.1) is 0 Å². The smallest absolute Gasteiger partial charge is 0.164 e.